The smallest absolute Gasteiger partial charge is 0.339 e. The molecule has 0 unspecified atom stereocenters. The lowest BCUT2D eigenvalue weighted by atomic mass is 9.90. The Labute approximate surface area is 128 Å². The van der Waals surface area contributed by atoms with E-state index in [9.17, 15) is 4.79 Å². The molecule has 0 spiro atoms. The van der Waals surface area contributed by atoms with E-state index in [2.05, 4.69) is 0 Å². The molecule has 0 bridgehead atoms. The lowest BCUT2D eigenvalue weighted by Crippen LogP contribution is -2.17. The highest BCUT2D eigenvalue weighted by Gasteiger charge is 2.19. The number of carbonyl (C=O) groups is 1. The van der Waals surface area contributed by atoms with Gasteiger partial charge in [-0.1, -0.05) is 54.1 Å². The lowest BCUT2D eigenvalue weighted by Gasteiger charge is -2.21. The molecule has 0 N–H and O–H groups in total. The highest BCUT2D eigenvalue weighted by Crippen LogP contribution is 2.31. The number of benzene rings is 1. The molecule has 0 heterocycles. The summed E-state index contributed by atoms with van der Waals surface area (Å²) in [5.41, 5.74) is 0.231. The first-order valence-electron chi connectivity index (χ1n) is 6.39. The molecule has 0 saturated heterocycles. The molecular weight excluding hydrogens is 307 g/mol. The van der Waals surface area contributed by atoms with Gasteiger partial charge in [-0.25, -0.2) is 4.79 Å². The van der Waals surface area contributed by atoms with Gasteiger partial charge in [-0.15, -0.1) is 0 Å². The molecule has 19 heavy (non-hydrogen) atoms. The van der Waals surface area contributed by atoms with Crippen LogP contribution in [0.1, 0.15) is 42.5 Å². The molecule has 1 aromatic rings. The van der Waals surface area contributed by atoms with Gasteiger partial charge in [0.1, 0.15) is 0 Å². The van der Waals surface area contributed by atoms with Crippen LogP contribution in [0, 0.1) is 5.92 Å². The van der Waals surface area contributed by atoms with Crippen molar-refractivity contribution >= 4 is 40.8 Å². The predicted octanol–water partition coefficient (Wildman–Crippen LogP) is 5.38. The summed E-state index contributed by atoms with van der Waals surface area (Å²) in [6, 6.07) is 2.99. The van der Waals surface area contributed by atoms with Crippen LogP contribution in [0.15, 0.2) is 12.1 Å². The summed E-state index contributed by atoms with van der Waals surface area (Å²) in [6.45, 7) is 0.444. The normalized spacial score (nSPS) is 16.4. The summed E-state index contributed by atoms with van der Waals surface area (Å²) in [6.07, 6.45) is 5.95. The van der Waals surface area contributed by atoms with Gasteiger partial charge in [-0.3, -0.25) is 0 Å². The van der Waals surface area contributed by atoms with Crippen molar-refractivity contribution in [2.45, 2.75) is 32.1 Å². The molecule has 1 fully saturated rings. The van der Waals surface area contributed by atoms with Crippen molar-refractivity contribution in [2.24, 2.45) is 5.92 Å². The third-order valence-corrected chi connectivity index (χ3v) is 4.41. The second-order valence-corrected chi connectivity index (χ2v) is 6.07. The molecule has 1 aromatic carbocycles. The Kier molecular flexibility index (Phi) is 5.37. The molecule has 1 saturated carbocycles. The number of hydrogen-bond donors (Lipinski definition) is 0. The van der Waals surface area contributed by atoms with Crippen LogP contribution in [-0.2, 0) is 4.74 Å². The second kappa shape index (κ2) is 6.83. The van der Waals surface area contributed by atoms with Gasteiger partial charge >= 0.3 is 5.97 Å². The fraction of sp³-hybridized carbons (Fsp3) is 0.500. The Morgan fingerprint density at radius 2 is 1.84 bits per heavy atom. The first-order valence-corrected chi connectivity index (χ1v) is 7.53. The van der Waals surface area contributed by atoms with Crippen molar-refractivity contribution in [2.75, 3.05) is 6.61 Å². The van der Waals surface area contributed by atoms with E-state index >= 15 is 0 Å². The zero-order valence-electron chi connectivity index (χ0n) is 10.4. The predicted molar refractivity (Wildman–Crippen MR) is 78.3 cm³/mol. The third kappa shape index (κ3) is 4.01. The van der Waals surface area contributed by atoms with E-state index < -0.39 is 5.97 Å². The topological polar surface area (TPSA) is 26.3 Å². The van der Waals surface area contributed by atoms with Crippen LogP contribution in [0.2, 0.25) is 15.1 Å². The quantitative estimate of drug-likeness (QED) is 0.551. The van der Waals surface area contributed by atoms with Crippen molar-refractivity contribution in [1.29, 1.82) is 0 Å². The van der Waals surface area contributed by atoms with Crippen LogP contribution < -0.4 is 0 Å². The largest absolute Gasteiger partial charge is 0.462 e. The molecule has 0 amide bonds. The minimum Gasteiger partial charge on any atom is -0.462 e. The maximum absolute atomic E-state index is 12.0. The number of ether oxygens (including phenoxy) is 1. The van der Waals surface area contributed by atoms with Gasteiger partial charge < -0.3 is 4.74 Å². The number of rotatable bonds is 3. The molecule has 0 radical (unpaired) electrons. The molecular formula is C14H15Cl3O2. The summed E-state index contributed by atoms with van der Waals surface area (Å²) in [5.74, 6) is 0.00565. The van der Waals surface area contributed by atoms with Gasteiger partial charge in [0, 0.05) is 5.02 Å². The monoisotopic (exact) mass is 320 g/mol. The highest BCUT2D eigenvalue weighted by atomic mass is 35.5. The van der Waals surface area contributed by atoms with Gasteiger partial charge in [0.2, 0.25) is 0 Å². The summed E-state index contributed by atoms with van der Waals surface area (Å²) < 4.78 is 5.32. The molecule has 0 aromatic heterocycles. The van der Waals surface area contributed by atoms with Gasteiger partial charge in [-0.2, -0.15) is 0 Å². The molecule has 2 nitrogen and oxygen atoms in total. The van der Waals surface area contributed by atoms with E-state index in [1.165, 1.54) is 31.4 Å². The molecule has 0 atom stereocenters. The van der Waals surface area contributed by atoms with E-state index in [1.54, 1.807) is 0 Å². The Morgan fingerprint density at radius 3 is 2.53 bits per heavy atom. The summed E-state index contributed by atoms with van der Waals surface area (Å²) >= 11 is 17.7. The zero-order valence-corrected chi connectivity index (χ0v) is 12.7. The van der Waals surface area contributed by atoms with Crippen LogP contribution in [0.3, 0.4) is 0 Å². The van der Waals surface area contributed by atoms with Crippen LogP contribution in [-0.4, -0.2) is 12.6 Å². The van der Waals surface area contributed by atoms with Crippen molar-refractivity contribution in [3.05, 3.63) is 32.8 Å². The molecule has 104 valence electrons. The molecule has 5 heteroatoms. The second-order valence-electron chi connectivity index (χ2n) is 4.85. The number of halogens is 3. The molecule has 0 aliphatic heterocycles. The van der Waals surface area contributed by atoms with E-state index in [-0.39, 0.29) is 15.6 Å². The van der Waals surface area contributed by atoms with E-state index in [4.69, 9.17) is 39.5 Å². The van der Waals surface area contributed by atoms with Gasteiger partial charge in [0.25, 0.3) is 0 Å². The summed E-state index contributed by atoms with van der Waals surface area (Å²) in [4.78, 5) is 12.0. The maximum atomic E-state index is 12.0. The first kappa shape index (κ1) is 15.0. The van der Waals surface area contributed by atoms with E-state index in [0.717, 1.165) is 12.8 Å². The maximum Gasteiger partial charge on any atom is 0.339 e. The van der Waals surface area contributed by atoms with Gasteiger partial charge in [0.05, 0.1) is 22.2 Å². The van der Waals surface area contributed by atoms with Gasteiger partial charge in [-0.05, 0) is 30.9 Å². The van der Waals surface area contributed by atoms with E-state index in [1.807, 2.05) is 0 Å². The molecule has 1 aliphatic carbocycles. The highest BCUT2D eigenvalue weighted by molar-refractivity contribution is 6.45. The minimum absolute atomic E-state index is 0.194. The number of hydrogen-bond acceptors (Lipinski definition) is 2. The third-order valence-electron chi connectivity index (χ3n) is 3.39. The number of carbonyl (C=O) groups excluding carboxylic acids is 1. The number of esters is 1. The van der Waals surface area contributed by atoms with Crippen molar-refractivity contribution in [3.8, 4) is 0 Å². The van der Waals surface area contributed by atoms with Crippen LogP contribution in [0.25, 0.3) is 0 Å². The fourth-order valence-electron chi connectivity index (χ4n) is 2.33. The standard InChI is InChI=1S/C14H15Cl3O2/c15-10-6-11(13(17)12(16)7-10)14(18)19-8-9-4-2-1-3-5-9/h6-7,9H,1-5,8H2. The Morgan fingerprint density at radius 1 is 1.16 bits per heavy atom. The van der Waals surface area contributed by atoms with Crippen molar-refractivity contribution in [3.63, 3.8) is 0 Å². The lowest BCUT2D eigenvalue weighted by molar-refractivity contribution is 0.0410. The first-order chi connectivity index (χ1) is 9.08. The van der Waals surface area contributed by atoms with Crippen molar-refractivity contribution < 1.29 is 9.53 Å². The Hall–Kier alpha value is -0.440. The zero-order chi connectivity index (χ0) is 13.8. The Bertz CT molecular complexity index is 468. The minimum atomic E-state index is -0.458. The average Bonchev–Trinajstić information content (AvgIpc) is 2.41. The van der Waals surface area contributed by atoms with Crippen LogP contribution in [0.5, 0.6) is 0 Å². The Balaban J connectivity index is 1.99. The van der Waals surface area contributed by atoms with E-state index in [0.29, 0.717) is 17.5 Å². The molecule has 1 aliphatic rings. The van der Waals surface area contributed by atoms with Gasteiger partial charge in [0.15, 0.2) is 0 Å². The summed E-state index contributed by atoms with van der Waals surface area (Å²) in [5, 5.41) is 0.831. The summed E-state index contributed by atoms with van der Waals surface area (Å²) in [7, 11) is 0. The van der Waals surface area contributed by atoms with Crippen LogP contribution in [0.4, 0.5) is 0 Å². The SMILES string of the molecule is O=C(OCC1CCCCC1)c1cc(Cl)cc(Cl)c1Cl. The fourth-order valence-corrected chi connectivity index (χ4v) is 3.01. The average molecular weight is 322 g/mol. The van der Waals surface area contributed by atoms with Crippen LogP contribution >= 0.6 is 34.8 Å². The van der Waals surface area contributed by atoms with Crippen molar-refractivity contribution in [1.82, 2.24) is 0 Å². The molecule has 2 rings (SSSR count).